The van der Waals surface area contributed by atoms with Gasteiger partial charge in [-0.15, -0.1) is 0 Å². The number of carbonyl (C=O) groups is 1. The molecular formula is C21H21N3O3. The molecule has 1 fully saturated rings. The largest absolute Gasteiger partial charge is 0.349 e. The lowest BCUT2D eigenvalue weighted by Crippen LogP contribution is -2.34. The van der Waals surface area contributed by atoms with E-state index in [0.29, 0.717) is 16.7 Å². The molecule has 1 heterocycles. The molecule has 3 aromatic rings. The molecule has 2 aromatic carbocycles. The maximum Gasteiger partial charge on any atom is 0.273 e. The molecule has 1 atom stereocenters. The molecule has 4 rings (SSSR count). The smallest absolute Gasteiger partial charge is 0.273 e. The van der Waals surface area contributed by atoms with Crippen molar-refractivity contribution in [2.24, 2.45) is 5.92 Å². The Hall–Kier alpha value is -3.15. The van der Waals surface area contributed by atoms with Crippen molar-refractivity contribution in [3.63, 3.8) is 0 Å². The molecule has 1 aliphatic carbocycles. The minimum absolute atomic E-state index is 0.00562. The molecule has 1 amide bonds. The van der Waals surface area contributed by atoms with E-state index in [2.05, 4.69) is 10.4 Å². The van der Waals surface area contributed by atoms with Crippen molar-refractivity contribution < 1.29 is 4.79 Å². The zero-order valence-electron chi connectivity index (χ0n) is 14.9. The second-order valence-corrected chi connectivity index (χ2v) is 6.99. The van der Waals surface area contributed by atoms with Crippen molar-refractivity contribution in [2.45, 2.75) is 31.8 Å². The molecule has 27 heavy (non-hydrogen) atoms. The van der Waals surface area contributed by atoms with Gasteiger partial charge in [-0.25, -0.2) is 4.68 Å². The van der Waals surface area contributed by atoms with Gasteiger partial charge in [0.1, 0.15) is 0 Å². The number of hydrogen-bond acceptors (Lipinski definition) is 3. The maximum atomic E-state index is 12.5. The molecule has 6 heteroatoms. The monoisotopic (exact) mass is 363 g/mol. The summed E-state index contributed by atoms with van der Waals surface area (Å²) in [4.78, 5) is 37.1. The Morgan fingerprint density at radius 3 is 2.41 bits per heavy atom. The van der Waals surface area contributed by atoms with Crippen LogP contribution in [0.1, 0.15) is 30.9 Å². The second-order valence-electron chi connectivity index (χ2n) is 6.99. The summed E-state index contributed by atoms with van der Waals surface area (Å²) < 4.78 is 1.22. The molecule has 0 spiro atoms. The van der Waals surface area contributed by atoms with Crippen molar-refractivity contribution in [1.29, 1.82) is 0 Å². The molecule has 2 N–H and O–H groups in total. The first kappa shape index (κ1) is 17.3. The second kappa shape index (κ2) is 7.23. The summed E-state index contributed by atoms with van der Waals surface area (Å²) in [6, 6.07) is 16.6. The van der Waals surface area contributed by atoms with Crippen molar-refractivity contribution in [1.82, 2.24) is 15.1 Å². The fraction of sp³-hybridized carbons (Fsp3) is 0.286. The first-order valence-electron chi connectivity index (χ1n) is 9.19. The van der Waals surface area contributed by atoms with Crippen molar-refractivity contribution >= 4 is 16.7 Å². The zero-order chi connectivity index (χ0) is 18.8. The van der Waals surface area contributed by atoms with Crippen LogP contribution in [0.2, 0.25) is 0 Å². The summed E-state index contributed by atoms with van der Waals surface area (Å²) in [6.07, 6.45) is 2.35. The third kappa shape index (κ3) is 3.69. The average molecular weight is 363 g/mol. The fourth-order valence-corrected chi connectivity index (χ4v) is 3.43. The van der Waals surface area contributed by atoms with Gasteiger partial charge < -0.3 is 5.32 Å². The zero-order valence-corrected chi connectivity index (χ0v) is 14.9. The molecule has 0 radical (unpaired) electrons. The Morgan fingerprint density at radius 1 is 1.04 bits per heavy atom. The highest BCUT2D eigenvalue weighted by atomic mass is 16.2. The molecule has 138 valence electrons. The van der Waals surface area contributed by atoms with Gasteiger partial charge in [0.25, 0.3) is 11.1 Å². The van der Waals surface area contributed by atoms with E-state index in [-0.39, 0.29) is 36.0 Å². The predicted octanol–water partition coefficient (Wildman–Crippen LogP) is 2.35. The van der Waals surface area contributed by atoms with Gasteiger partial charge in [0.2, 0.25) is 5.91 Å². The Labute approximate surface area is 155 Å². The van der Waals surface area contributed by atoms with Crippen LogP contribution in [0.25, 0.3) is 10.8 Å². The Balaban J connectivity index is 1.48. The van der Waals surface area contributed by atoms with E-state index >= 15 is 0 Å². The highest BCUT2D eigenvalue weighted by molar-refractivity contribution is 5.80. The Kier molecular flexibility index (Phi) is 4.62. The molecule has 0 aliphatic heterocycles. The minimum Gasteiger partial charge on any atom is -0.349 e. The van der Waals surface area contributed by atoms with Crippen LogP contribution >= 0.6 is 0 Å². The van der Waals surface area contributed by atoms with E-state index in [9.17, 15) is 14.4 Å². The summed E-state index contributed by atoms with van der Waals surface area (Å²) in [6.45, 7) is 0.136. The van der Waals surface area contributed by atoms with Crippen molar-refractivity contribution in [3.05, 3.63) is 80.9 Å². The highest BCUT2D eigenvalue weighted by Crippen LogP contribution is 2.40. The molecule has 1 unspecified atom stereocenters. The topological polar surface area (TPSA) is 84.0 Å². The van der Waals surface area contributed by atoms with Crippen LogP contribution in [0, 0.1) is 5.92 Å². The predicted molar refractivity (Wildman–Crippen MR) is 103 cm³/mol. The number of aryl methyl sites for hydroxylation is 1. The molecule has 0 saturated heterocycles. The van der Waals surface area contributed by atoms with E-state index < -0.39 is 0 Å². The lowest BCUT2D eigenvalue weighted by molar-refractivity contribution is -0.122. The maximum absolute atomic E-state index is 12.5. The number of nitrogens with one attached hydrogen (secondary N) is 2. The van der Waals surface area contributed by atoms with Crippen LogP contribution in [0.4, 0.5) is 0 Å². The van der Waals surface area contributed by atoms with Crippen LogP contribution in [0.3, 0.4) is 0 Å². The third-order valence-corrected chi connectivity index (χ3v) is 5.01. The van der Waals surface area contributed by atoms with Gasteiger partial charge in [-0.3, -0.25) is 19.5 Å². The quantitative estimate of drug-likeness (QED) is 0.705. The van der Waals surface area contributed by atoms with Gasteiger partial charge >= 0.3 is 0 Å². The van der Waals surface area contributed by atoms with Crippen LogP contribution in [-0.4, -0.2) is 15.7 Å². The van der Waals surface area contributed by atoms with Crippen molar-refractivity contribution in [2.75, 3.05) is 0 Å². The number of fused-ring (bicyclic) bond motifs is 1. The van der Waals surface area contributed by atoms with Gasteiger partial charge in [0.05, 0.1) is 23.4 Å². The number of carbonyl (C=O) groups excluding carboxylic acids is 1. The number of aromatic nitrogens is 2. The highest BCUT2D eigenvalue weighted by Gasteiger charge is 2.33. The van der Waals surface area contributed by atoms with Crippen LogP contribution in [0.5, 0.6) is 0 Å². The first-order chi connectivity index (χ1) is 13.1. The molecule has 1 aliphatic rings. The lowest BCUT2D eigenvalue weighted by Gasteiger charge is -2.19. The number of aromatic amines is 1. The molecule has 1 saturated carbocycles. The normalized spacial score (nSPS) is 14.8. The minimum atomic E-state index is -0.328. The summed E-state index contributed by atoms with van der Waals surface area (Å²) >= 11 is 0. The van der Waals surface area contributed by atoms with E-state index in [1.54, 1.807) is 24.3 Å². The van der Waals surface area contributed by atoms with Gasteiger partial charge in [-0.1, -0.05) is 42.5 Å². The van der Waals surface area contributed by atoms with Gasteiger partial charge in [0, 0.05) is 6.42 Å². The standard InChI is InChI=1S/C21H21N3O3/c25-18(22-19(15-10-11-15)14-6-2-1-3-7-14)12-13-24-21(27)17-9-5-4-8-16(17)20(26)23-24/h1-9,15,19H,10-13H2,(H,22,25)(H,23,26). The number of rotatable bonds is 6. The summed E-state index contributed by atoms with van der Waals surface area (Å²) in [5.74, 6) is 0.344. The van der Waals surface area contributed by atoms with Crippen LogP contribution in [0.15, 0.2) is 64.2 Å². The average Bonchev–Trinajstić information content (AvgIpc) is 3.53. The third-order valence-electron chi connectivity index (χ3n) is 5.01. The summed E-state index contributed by atoms with van der Waals surface area (Å²) in [5.41, 5.74) is 0.482. The number of amides is 1. The fourth-order valence-electron chi connectivity index (χ4n) is 3.43. The SMILES string of the molecule is O=C(CCn1[nH]c(=O)c2ccccc2c1=O)NC(c1ccccc1)C1CC1. The van der Waals surface area contributed by atoms with E-state index in [0.717, 1.165) is 18.4 Å². The number of H-pyrrole nitrogens is 1. The van der Waals surface area contributed by atoms with Crippen molar-refractivity contribution in [3.8, 4) is 0 Å². The van der Waals surface area contributed by atoms with Gasteiger partial charge in [-0.2, -0.15) is 0 Å². The van der Waals surface area contributed by atoms with Gasteiger partial charge in [-0.05, 0) is 36.5 Å². The van der Waals surface area contributed by atoms with E-state index in [1.807, 2.05) is 30.3 Å². The Bertz CT molecular complexity index is 1080. The van der Waals surface area contributed by atoms with E-state index in [1.165, 1.54) is 4.68 Å². The van der Waals surface area contributed by atoms with E-state index in [4.69, 9.17) is 0 Å². The van der Waals surface area contributed by atoms with Gasteiger partial charge in [0.15, 0.2) is 0 Å². The van der Waals surface area contributed by atoms with Crippen LogP contribution in [-0.2, 0) is 11.3 Å². The van der Waals surface area contributed by atoms with Crippen LogP contribution < -0.4 is 16.4 Å². The molecular weight excluding hydrogens is 342 g/mol. The number of hydrogen-bond donors (Lipinski definition) is 2. The molecule has 0 bridgehead atoms. The first-order valence-corrected chi connectivity index (χ1v) is 9.19. The summed E-state index contributed by atoms with van der Waals surface area (Å²) in [5, 5.41) is 6.38. The summed E-state index contributed by atoms with van der Waals surface area (Å²) in [7, 11) is 0. The molecule has 6 nitrogen and oxygen atoms in total. The lowest BCUT2D eigenvalue weighted by atomic mass is 10.0. The molecule has 1 aromatic heterocycles. The number of benzene rings is 2. The number of nitrogens with zero attached hydrogens (tertiary/aromatic N) is 1. The Morgan fingerprint density at radius 2 is 1.70 bits per heavy atom.